The Kier molecular flexibility index (Phi) is 9.13. The highest BCUT2D eigenvalue weighted by Gasteiger charge is 2.15. The number of fused-ring (bicyclic) bond motifs is 2. The third kappa shape index (κ3) is 6.58. The van der Waals surface area contributed by atoms with Crippen molar-refractivity contribution in [3.63, 3.8) is 0 Å². The van der Waals surface area contributed by atoms with Gasteiger partial charge in [-0.1, -0.05) is 12.1 Å². The molecule has 3 rings (SSSR count). The van der Waals surface area contributed by atoms with E-state index in [4.69, 9.17) is 28.4 Å². The SMILES string of the molecule is CN(C)c1cccc2c1OCCOCCOc1cccc(N(C)C)c1OCCOCCO2. The van der Waals surface area contributed by atoms with E-state index < -0.39 is 0 Å². The second-order valence-electron chi connectivity index (χ2n) is 7.62. The molecule has 1 aliphatic heterocycles. The number of anilines is 2. The van der Waals surface area contributed by atoms with Crippen molar-refractivity contribution in [2.24, 2.45) is 0 Å². The summed E-state index contributed by atoms with van der Waals surface area (Å²) in [5.74, 6) is 2.77. The molecule has 8 nitrogen and oxygen atoms in total. The van der Waals surface area contributed by atoms with E-state index >= 15 is 0 Å². The molecule has 0 bridgehead atoms. The van der Waals surface area contributed by atoms with Gasteiger partial charge in [-0.05, 0) is 24.3 Å². The maximum absolute atomic E-state index is 6.03. The number of ether oxygens (including phenoxy) is 6. The van der Waals surface area contributed by atoms with Gasteiger partial charge in [0.1, 0.15) is 26.4 Å². The Morgan fingerprint density at radius 1 is 0.500 bits per heavy atom. The summed E-state index contributed by atoms with van der Waals surface area (Å²) in [5, 5.41) is 0. The van der Waals surface area contributed by atoms with E-state index in [0.717, 1.165) is 11.4 Å². The molecule has 0 atom stereocenters. The van der Waals surface area contributed by atoms with Crippen molar-refractivity contribution >= 4 is 11.4 Å². The lowest BCUT2D eigenvalue weighted by Crippen LogP contribution is -2.18. The summed E-state index contributed by atoms with van der Waals surface area (Å²) in [7, 11) is 7.89. The highest BCUT2D eigenvalue weighted by atomic mass is 16.6. The Morgan fingerprint density at radius 3 is 1.25 bits per heavy atom. The third-order valence-electron chi connectivity index (χ3n) is 4.80. The van der Waals surface area contributed by atoms with Gasteiger partial charge in [0, 0.05) is 28.2 Å². The molecule has 0 spiro atoms. The van der Waals surface area contributed by atoms with Crippen LogP contribution in [0.2, 0.25) is 0 Å². The van der Waals surface area contributed by atoms with Crippen LogP contribution in [0.4, 0.5) is 11.4 Å². The van der Waals surface area contributed by atoms with Crippen molar-refractivity contribution in [1.29, 1.82) is 0 Å². The summed E-state index contributed by atoms with van der Waals surface area (Å²) >= 11 is 0. The number of hydrogen-bond donors (Lipinski definition) is 0. The Balaban J connectivity index is 1.68. The fourth-order valence-corrected chi connectivity index (χ4v) is 3.26. The van der Waals surface area contributed by atoms with Crippen LogP contribution in [0.15, 0.2) is 36.4 Å². The van der Waals surface area contributed by atoms with Crippen molar-refractivity contribution in [2.75, 3.05) is 90.8 Å². The van der Waals surface area contributed by atoms with Crippen LogP contribution in [0.3, 0.4) is 0 Å². The fraction of sp³-hybridized carbons (Fsp3) is 0.500. The Morgan fingerprint density at radius 2 is 0.875 bits per heavy atom. The van der Waals surface area contributed by atoms with Crippen LogP contribution in [0.25, 0.3) is 0 Å². The first-order valence-electron chi connectivity index (χ1n) is 10.8. The minimum absolute atomic E-state index is 0.405. The normalized spacial score (nSPS) is 15.9. The summed E-state index contributed by atoms with van der Waals surface area (Å²) in [6.45, 7) is 3.39. The van der Waals surface area contributed by atoms with Crippen LogP contribution in [0.1, 0.15) is 0 Å². The summed E-state index contributed by atoms with van der Waals surface area (Å²) in [5.41, 5.74) is 1.89. The second kappa shape index (κ2) is 12.3. The summed E-state index contributed by atoms with van der Waals surface area (Å²) in [4.78, 5) is 3.99. The molecule has 0 fully saturated rings. The molecule has 0 aliphatic carbocycles. The molecular weight excluding hydrogens is 412 g/mol. The van der Waals surface area contributed by atoms with Crippen molar-refractivity contribution in [2.45, 2.75) is 0 Å². The van der Waals surface area contributed by atoms with Gasteiger partial charge in [-0.3, -0.25) is 0 Å². The van der Waals surface area contributed by atoms with Crippen LogP contribution < -0.4 is 28.7 Å². The number of para-hydroxylation sites is 2. The number of hydrogen-bond acceptors (Lipinski definition) is 8. The smallest absolute Gasteiger partial charge is 0.184 e. The zero-order valence-corrected chi connectivity index (χ0v) is 19.5. The Bertz CT molecular complexity index is 774. The van der Waals surface area contributed by atoms with Crippen molar-refractivity contribution < 1.29 is 28.4 Å². The van der Waals surface area contributed by atoms with Gasteiger partial charge in [-0.25, -0.2) is 0 Å². The predicted molar refractivity (Wildman–Crippen MR) is 125 cm³/mol. The Hall–Kier alpha value is -2.84. The monoisotopic (exact) mass is 446 g/mol. The quantitative estimate of drug-likeness (QED) is 0.698. The van der Waals surface area contributed by atoms with Crippen LogP contribution in [0.5, 0.6) is 23.0 Å². The van der Waals surface area contributed by atoms with Gasteiger partial charge in [-0.15, -0.1) is 0 Å². The van der Waals surface area contributed by atoms with E-state index in [9.17, 15) is 0 Å². The molecule has 2 aromatic carbocycles. The molecule has 2 aromatic rings. The van der Waals surface area contributed by atoms with Crippen LogP contribution in [-0.4, -0.2) is 81.0 Å². The van der Waals surface area contributed by atoms with Crippen LogP contribution in [-0.2, 0) is 9.47 Å². The van der Waals surface area contributed by atoms with Crippen molar-refractivity contribution in [1.82, 2.24) is 0 Å². The standard InChI is InChI=1S/C24H34N2O6/c1-25(2)19-7-5-9-21-23(19)31-17-13-27-12-16-30-22-10-6-8-20(26(3)4)24(22)32-18-14-28-11-15-29-21/h5-10H,11-18H2,1-4H3. The lowest BCUT2D eigenvalue weighted by atomic mass is 10.2. The minimum atomic E-state index is 0.405. The van der Waals surface area contributed by atoms with E-state index in [-0.39, 0.29) is 0 Å². The van der Waals surface area contributed by atoms with Crippen LogP contribution in [0, 0.1) is 0 Å². The van der Waals surface area contributed by atoms with Gasteiger partial charge < -0.3 is 38.2 Å². The molecule has 32 heavy (non-hydrogen) atoms. The maximum atomic E-state index is 6.03. The lowest BCUT2D eigenvalue weighted by Gasteiger charge is -2.22. The molecular formula is C24H34N2O6. The number of rotatable bonds is 2. The largest absolute Gasteiger partial charge is 0.487 e. The molecule has 1 heterocycles. The zero-order chi connectivity index (χ0) is 22.8. The number of nitrogens with zero attached hydrogens (tertiary/aromatic N) is 2. The lowest BCUT2D eigenvalue weighted by molar-refractivity contribution is 0.0642. The van der Waals surface area contributed by atoms with Crippen molar-refractivity contribution in [3.8, 4) is 23.0 Å². The van der Waals surface area contributed by atoms with Gasteiger partial charge in [0.05, 0.1) is 37.8 Å². The zero-order valence-electron chi connectivity index (χ0n) is 19.5. The predicted octanol–water partition coefficient (Wildman–Crippen LogP) is 3.08. The average molecular weight is 447 g/mol. The Labute approximate surface area is 190 Å². The molecule has 0 saturated heterocycles. The summed E-state index contributed by atoms with van der Waals surface area (Å²) < 4.78 is 35.4. The maximum Gasteiger partial charge on any atom is 0.184 e. The van der Waals surface area contributed by atoms with Gasteiger partial charge in [0.2, 0.25) is 0 Å². The van der Waals surface area contributed by atoms with Crippen LogP contribution >= 0.6 is 0 Å². The van der Waals surface area contributed by atoms with E-state index in [1.165, 1.54) is 0 Å². The van der Waals surface area contributed by atoms with E-state index in [0.29, 0.717) is 75.9 Å². The number of benzene rings is 2. The molecule has 0 N–H and O–H groups in total. The molecule has 176 valence electrons. The third-order valence-corrected chi connectivity index (χ3v) is 4.80. The topological polar surface area (TPSA) is 61.9 Å². The fourth-order valence-electron chi connectivity index (χ4n) is 3.26. The minimum Gasteiger partial charge on any atom is -0.487 e. The van der Waals surface area contributed by atoms with Gasteiger partial charge in [0.15, 0.2) is 23.0 Å². The summed E-state index contributed by atoms with van der Waals surface area (Å²) in [6, 6.07) is 11.7. The molecule has 0 aromatic heterocycles. The highest BCUT2D eigenvalue weighted by molar-refractivity contribution is 5.64. The van der Waals surface area contributed by atoms with Gasteiger partial charge in [-0.2, -0.15) is 0 Å². The molecule has 0 saturated carbocycles. The van der Waals surface area contributed by atoms with Gasteiger partial charge in [0.25, 0.3) is 0 Å². The van der Waals surface area contributed by atoms with E-state index in [2.05, 4.69) is 0 Å². The molecule has 8 heteroatoms. The molecule has 0 unspecified atom stereocenters. The molecule has 0 amide bonds. The van der Waals surface area contributed by atoms with E-state index in [1.807, 2.05) is 74.4 Å². The first kappa shape index (κ1) is 23.8. The van der Waals surface area contributed by atoms with E-state index in [1.54, 1.807) is 0 Å². The average Bonchev–Trinajstić information content (AvgIpc) is 2.77. The summed E-state index contributed by atoms with van der Waals surface area (Å²) in [6.07, 6.45) is 0. The molecule has 1 aliphatic rings. The second-order valence-corrected chi connectivity index (χ2v) is 7.62. The molecule has 0 radical (unpaired) electrons. The highest BCUT2D eigenvalue weighted by Crippen LogP contribution is 2.38. The first-order chi connectivity index (χ1) is 15.6. The first-order valence-corrected chi connectivity index (χ1v) is 10.8. The van der Waals surface area contributed by atoms with Crippen molar-refractivity contribution in [3.05, 3.63) is 36.4 Å². The van der Waals surface area contributed by atoms with Gasteiger partial charge >= 0.3 is 0 Å².